The van der Waals surface area contributed by atoms with Crippen LogP contribution < -0.4 is 5.32 Å². The number of amides is 1. The van der Waals surface area contributed by atoms with E-state index < -0.39 is 0 Å². The molecule has 0 aliphatic carbocycles. The summed E-state index contributed by atoms with van der Waals surface area (Å²) in [5.41, 5.74) is 1.18. The number of pyridine rings is 1. The van der Waals surface area contributed by atoms with Crippen LogP contribution in [0.25, 0.3) is 11.0 Å². The van der Waals surface area contributed by atoms with Crippen molar-refractivity contribution in [3.8, 4) is 0 Å². The fraction of sp³-hybridized carbons (Fsp3) is 0.529. The highest BCUT2D eigenvalue weighted by Crippen LogP contribution is 2.27. The van der Waals surface area contributed by atoms with Gasteiger partial charge in [-0.3, -0.25) is 9.78 Å². The SMILES string of the molecule is CCc1cc2cnc(C(=O)N[C@@H]3C[C@H]4CCN(C4)C3)cc2o1. The largest absolute Gasteiger partial charge is 0.461 e. The van der Waals surface area contributed by atoms with Crippen LogP contribution in [0.4, 0.5) is 0 Å². The predicted octanol–water partition coefficient (Wildman–Crippen LogP) is 2.21. The number of hydrogen-bond donors (Lipinski definition) is 1. The lowest BCUT2D eigenvalue weighted by molar-refractivity contribution is 0.0904. The van der Waals surface area contributed by atoms with Crippen LogP contribution in [0.3, 0.4) is 0 Å². The number of furan rings is 1. The number of fused-ring (bicyclic) bond motifs is 3. The summed E-state index contributed by atoms with van der Waals surface area (Å²) in [6.07, 6.45) is 4.92. The minimum Gasteiger partial charge on any atom is -0.461 e. The van der Waals surface area contributed by atoms with Crippen LogP contribution in [0.1, 0.15) is 36.0 Å². The van der Waals surface area contributed by atoms with Crippen LogP contribution in [0.5, 0.6) is 0 Å². The van der Waals surface area contributed by atoms with Crippen LogP contribution in [0, 0.1) is 5.92 Å². The molecule has 2 aliphatic rings. The predicted molar refractivity (Wildman–Crippen MR) is 83.8 cm³/mol. The highest BCUT2D eigenvalue weighted by molar-refractivity contribution is 5.95. The van der Waals surface area contributed by atoms with Gasteiger partial charge in [0.1, 0.15) is 17.0 Å². The maximum Gasteiger partial charge on any atom is 0.270 e. The lowest BCUT2D eigenvalue weighted by Crippen LogP contribution is -2.47. The summed E-state index contributed by atoms with van der Waals surface area (Å²) in [7, 11) is 0. The van der Waals surface area contributed by atoms with Gasteiger partial charge in [-0.25, -0.2) is 0 Å². The number of aromatic nitrogens is 1. The van der Waals surface area contributed by atoms with Crippen molar-refractivity contribution >= 4 is 16.9 Å². The molecule has 0 aromatic carbocycles. The highest BCUT2D eigenvalue weighted by Gasteiger charge is 2.33. The van der Waals surface area contributed by atoms with Crippen molar-refractivity contribution in [3.05, 3.63) is 29.8 Å². The molecule has 2 aliphatic heterocycles. The van der Waals surface area contributed by atoms with E-state index in [1.807, 2.05) is 13.0 Å². The minimum absolute atomic E-state index is 0.0937. The quantitative estimate of drug-likeness (QED) is 0.944. The summed E-state index contributed by atoms with van der Waals surface area (Å²) in [6.45, 7) is 5.38. The van der Waals surface area contributed by atoms with Crippen molar-refractivity contribution in [2.24, 2.45) is 5.92 Å². The van der Waals surface area contributed by atoms with Gasteiger partial charge < -0.3 is 14.6 Å². The van der Waals surface area contributed by atoms with Gasteiger partial charge >= 0.3 is 0 Å². The lowest BCUT2D eigenvalue weighted by Gasteiger charge is -2.30. The lowest BCUT2D eigenvalue weighted by atomic mass is 9.97. The standard InChI is InChI=1S/C17H21N3O2/c1-2-14-6-12-8-18-15(7-16(12)22-14)17(21)19-13-5-11-3-4-20(9-11)10-13/h6-8,11,13H,2-5,9-10H2,1H3,(H,19,21)/t11-,13-/m1/s1. The molecular weight excluding hydrogens is 278 g/mol. The molecule has 5 heteroatoms. The fourth-order valence-corrected chi connectivity index (χ4v) is 3.71. The van der Waals surface area contributed by atoms with E-state index >= 15 is 0 Å². The number of nitrogens with one attached hydrogen (secondary N) is 1. The fourth-order valence-electron chi connectivity index (χ4n) is 3.71. The molecule has 2 aromatic heterocycles. The van der Waals surface area contributed by atoms with Crippen LogP contribution in [-0.2, 0) is 6.42 Å². The molecule has 0 radical (unpaired) electrons. The number of carbonyl (C=O) groups excluding carboxylic acids is 1. The van der Waals surface area contributed by atoms with Gasteiger partial charge in [0.25, 0.3) is 5.91 Å². The van der Waals surface area contributed by atoms with Crippen LogP contribution in [0.2, 0.25) is 0 Å². The van der Waals surface area contributed by atoms with E-state index in [0.29, 0.717) is 5.69 Å². The summed E-state index contributed by atoms with van der Waals surface area (Å²) in [5, 5.41) is 4.09. The Hall–Kier alpha value is -1.88. The average molecular weight is 299 g/mol. The van der Waals surface area contributed by atoms with E-state index in [1.54, 1.807) is 12.3 Å². The number of nitrogens with zero attached hydrogens (tertiary/aromatic N) is 2. The molecule has 4 rings (SSSR count). The van der Waals surface area contributed by atoms with Gasteiger partial charge in [0.05, 0.1) is 0 Å². The van der Waals surface area contributed by atoms with E-state index in [-0.39, 0.29) is 11.9 Å². The summed E-state index contributed by atoms with van der Waals surface area (Å²) < 4.78 is 5.71. The Morgan fingerprint density at radius 3 is 3.18 bits per heavy atom. The van der Waals surface area contributed by atoms with Crippen LogP contribution >= 0.6 is 0 Å². The number of aryl methyl sites for hydroxylation is 1. The Morgan fingerprint density at radius 1 is 1.45 bits per heavy atom. The molecule has 2 saturated heterocycles. The Labute approximate surface area is 129 Å². The normalized spacial score (nSPS) is 27.2. The smallest absolute Gasteiger partial charge is 0.270 e. The Morgan fingerprint density at radius 2 is 2.36 bits per heavy atom. The second kappa shape index (κ2) is 5.39. The third kappa shape index (κ3) is 2.50. The zero-order valence-electron chi connectivity index (χ0n) is 12.8. The zero-order valence-corrected chi connectivity index (χ0v) is 12.8. The van der Waals surface area contributed by atoms with E-state index in [1.165, 1.54) is 19.5 Å². The Kier molecular flexibility index (Phi) is 3.37. The van der Waals surface area contributed by atoms with Gasteiger partial charge in [0.2, 0.25) is 0 Å². The number of piperidine rings is 1. The van der Waals surface area contributed by atoms with Crippen LogP contribution in [-0.4, -0.2) is 41.5 Å². The van der Waals surface area contributed by atoms with Crippen molar-refractivity contribution in [1.29, 1.82) is 0 Å². The van der Waals surface area contributed by atoms with E-state index in [2.05, 4.69) is 15.2 Å². The molecule has 5 nitrogen and oxygen atoms in total. The molecule has 2 bridgehead atoms. The summed E-state index contributed by atoms with van der Waals surface area (Å²) in [4.78, 5) is 19.2. The third-order valence-corrected chi connectivity index (χ3v) is 4.84. The first-order chi connectivity index (χ1) is 10.7. The third-order valence-electron chi connectivity index (χ3n) is 4.84. The molecule has 22 heavy (non-hydrogen) atoms. The van der Waals surface area contributed by atoms with Crippen molar-refractivity contribution < 1.29 is 9.21 Å². The second-order valence-corrected chi connectivity index (χ2v) is 6.49. The van der Waals surface area contributed by atoms with Gasteiger partial charge in [-0.2, -0.15) is 0 Å². The van der Waals surface area contributed by atoms with Crippen molar-refractivity contribution in [2.75, 3.05) is 19.6 Å². The topological polar surface area (TPSA) is 58.4 Å². The van der Waals surface area contributed by atoms with Gasteiger partial charge in [-0.1, -0.05) is 6.92 Å². The van der Waals surface area contributed by atoms with Gasteiger partial charge in [-0.05, 0) is 31.4 Å². The molecule has 3 atom stereocenters. The molecule has 0 spiro atoms. The first-order valence-electron chi connectivity index (χ1n) is 8.13. The van der Waals surface area contributed by atoms with Crippen LogP contribution in [0.15, 0.2) is 22.7 Å². The maximum atomic E-state index is 12.4. The summed E-state index contributed by atoms with van der Waals surface area (Å²) >= 11 is 0. The first-order valence-corrected chi connectivity index (χ1v) is 8.13. The van der Waals surface area contributed by atoms with Crippen molar-refractivity contribution in [3.63, 3.8) is 0 Å². The monoisotopic (exact) mass is 299 g/mol. The molecule has 116 valence electrons. The van der Waals surface area contributed by atoms with E-state index in [9.17, 15) is 4.79 Å². The summed E-state index contributed by atoms with van der Waals surface area (Å²) in [6, 6.07) is 3.98. The zero-order chi connectivity index (χ0) is 15.1. The molecule has 2 fully saturated rings. The molecular formula is C17H21N3O2. The van der Waals surface area contributed by atoms with Gasteiger partial charge in [0.15, 0.2) is 0 Å². The van der Waals surface area contributed by atoms with E-state index in [0.717, 1.165) is 42.0 Å². The van der Waals surface area contributed by atoms with Gasteiger partial charge in [-0.15, -0.1) is 0 Å². The first kappa shape index (κ1) is 13.8. The Bertz CT molecular complexity index is 697. The molecule has 1 amide bonds. The minimum atomic E-state index is -0.0937. The Balaban J connectivity index is 1.50. The molecule has 1 unspecified atom stereocenters. The molecule has 2 aromatic rings. The molecule has 0 saturated carbocycles. The molecule has 4 heterocycles. The van der Waals surface area contributed by atoms with E-state index in [4.69, 9.17) is 4.42 Å². The molecule has 1 N–H and O–H groups in total. The maximum absolute atomic E-state index is 12.4. The number of rotatable bonds is 3. The van der Waals surface area contributed by atoms with Crippen molar-refractivity contribution in [2.45, 2.75) is 32.2 Å². The highest BCUT2D eigenvalue weighted by atomic mass is 16.3. The second-order valence-electron chi connectivity index (χ2n) is 6.49. The number of hydrogen-bond acceptors (Lipinski definition) is 4. The summed E-state index contributed by atoms with van der Waals surface area (Å²) in [5.74, 6) is 1.57. The average Bonchev–Trinajstić information content (AvgIpc) is 3.09. The van der Waals surface area contributed by atoms with Gasteiger partial charge in [0, 0.05) is 43.2 Å². The van der Waals surface area contributed by atoms with Crippen molar-refractivity contribution in [1.82, 2.24) is 15.2 Å². The number of carbonyl (C=O) groups is 1.